The molecule has 6 heterocycles. The number of piperidine rings is 2. The fourth-order valence-corrected chi connectivity index (χ4v) is 7.84. The zero-order valence-corrected chi connectivity index (χ0v) is 27.2. The van der Waals surface area contributed by atoms with Crippen LogP contribution in [-0.2, 0) is 39.4 Å². The summed E-state index contributed by atoms with van der Waals surface area (Å²) in [5.74, 6) is -0.261. The Hall–Kier alpha value is -4.45. The minimum atomic E-state index is -1.75. The van der Waals surface area contributed by atoms with E-state index in [1.165, 1.54) is 26.3 Å². The number of pyridine rings is 2. The minimum Gasteiger partial charge on any atom is -0.457 e. The number of likely N-dealkylation sites (tertiary alicyclic amines) is 2. The predicted molar refractivity (Wildman–Crippen MR) is 173 cm³/mol. The molecule has 1 N–H and O–H groups in total. The molecule has 3 aromatic rings. The summed E-state index contributed by atoms with van der Waals surface area (Å²) in [7, 11) is 1.40. The summed E-state index contributed by atoms with van der Waals surface area (Å²) >= 11 is 0. The average molecular weight is 644 g/mol. The van der Waals surface area contributed by atoms with Gasteiger partial charge in [0.2, 0.25) is 5.60 Å². The number of alkyl carbamates (subject to hydrolysis) is 1. The molecule has 2 saturated heterocycles. The number of benzene rings is 1. The molecule has 12 nitrogen and oxygen atoms in total. The lowest BCUT2D eigenvalue weighted by Gasteiger charge is -2.39. The highest BCUT2D eigenvalue weighted by molar-refractivity contribution is 5.91. The van der Waals surface area contributed by atoms with E-state index in [2.05, 4.69) is 10.2 Å². The van der Waals surface area contributed by atoms with Crippen molar-refractivity contribution >= 4 is 29.1 Å². The summed E-state index contributed by atoms with van der Waals surface area (Å²) in [5.41, 5.74) is 2.32. The monoisotopic (exact) mass is 643 g/mol. The summed E-state index contributed by atoms with van der Waals surface area (Å²) in [4.78, 5) is 61.9. The zero-order valence-electron chi connectivity index (χ0n) is 27.2. The lowest BCUT2D eigenvalue weighted by atomic mass is 9.85. The maximum absolute atomic E-state index is 13.9. The molecule has 1 unspecified atom stereocenters. The molecule has 0 bridgehead atoms. The Kier molecular flexibility index (Phi) is 8.15. The third-order valence-corrected chi connectivity index (χ3v) is 10.4. The maximum atomic E-state index is 13.9. The summed E-state index contributed by atoms with van der Waals surface area (Å²) in [6.07, 6.45) is 5.37. The lowest BCUT2D eigenvalue weighted by Crippen LogP contribution is -2.48. The van der Waals surface area contributed by atoms with Crippen LogP contribution in [0.1, 0.15) is 74.6 Å². The third-order valence-electron chi connectivity index (χ3n) is 10.4. The smallest absolute Gasteiger partial charge is 0.415 e. The number of carbonyl (C=O) groups is 3. The molecule has 4 aliphatic heterocycles. The predicted octanol–water partition coefficient (Wildman–Crippen LogP) is 4.45. The van der Waals surface area contributed by atoms with Crippen LogP contribution in [0, 0.1) is 0 Å². The number of nitrogens with one attached hydrogen (secondary N) is 1. The molecule has 2 fully saturated rings. The van der Waals surface area contributed by atoms with Gasteiger partial charge in [0, 0.05) is 42.7 Å². The van der Waals surface area contributed by atoms with Crippen LogP contribution in [0.4, 0.5) is 9.59 Å². The van der Waals surface area contributed by atoms with E-state index < -0.39 is 17.7 Å². The second kappa shape index (κ2) is 12.3. The van der Waals surface area contributed by atoms with Crippen molar-refractivity contribution in [2.75, 3.05) is 33.2 Å². The van der Waals surface area contributed by atoms with Crippen LogP contribution in [0.25, 0.3) is 22.3 Å². The van der Waals surface area contributed by atoms with E-state index in [1.54, 1.807) is 28.5 Å². The van der Waals surface area contributed by atoms with Gasteiger partial charge in [-0.2, -0.15) is 0 Å². The van der Waals surface area contributed by atoms with Gasteiger partial charge in [-0.05, 0) is 81.4 Å². The molecule has 0 saturated carbocycles. The van der Waals surface area contributed by atoms with E-state index in [1.807, 2.05) is 19.1 Å². The number of rotatable bonds is 5. The lowest BCUT2D eigenvalue weighted by molar-refractivity contribution is -0.172. The van der Waals surface area contributed by atoms with E-state index in [9.17, 15) is 19.2 Å². The quantitative estimate of drug-likeness (QED) is 0.313. The van der Waals surface area contributed by atoms with Crippen LogP contribution in [0.5, 0.6) is 5.75 Å². The van der Waals surface area contributed by atoms with Crippen LogP contribution in [0.2, 0.25) is 0 Å². The highest BCUT2D eigenvalue weighted by Crippen LogP contribution is 2.42. The second-order valence-corrected chi connectivity index (χ2v) is 12.8. The Labute approximate surface area is 273 Å². The van der Waals surface area contributed by atoms with Gasteiger partial charge in [0.05, 0.1) is 29.0 Å². The molecule has 4 aliphatic rings. The second-order valence-electron chi connectivity index (χ2n) is 12.8. The molecular weight excluding hydrogens is 602 g/mol. The van der Waals surface area contributed by atoms with Crippen molar-refractivity contribution in [3.63, 3.8) is 0 Å². The molecule has 1 aromatic carbocycles. The number of hydrogen-bond acceptors (Lipinski definition) is 9. The molecule has 2 aromatic heterocycles. The van der Waals surface area contributed by atoms with Crippen molar-refractivity contribution in [3.05, 3.63) is 56.9 Å². The molecule has 0 radical (unpaired) electrons. The first kappa shape index (κ1) is 31.2. The van der Waals surface area contributed by atoms with Crippen LogP contribution < -0.4 is 15.6 Å². The number of cyclic esters (lactones) is 1. The number of ether oxygens (including phenoxy) is 3. The van der Waals surface area contributed by atoms with Gasteiger partial charge in [-0.25, -0.2) is 19.4 Å². The Morgan fingerprint density at radius 3 is 2.51 bits per heavy atom. The molecule has 47 heavy (non-hydrogen) atoms. The standard InChI is InChI=1S/C35H41N5O7/c1-4-23-24-17-22(46-34(44)39-15-11-21(12-16-39)38-13-7-6-8-14-38)9-10-28(24)37-30-25(23)19-40-29(30)18-27-26(31(40)41)20-45-32(42)35(27,5-2)47-33(43)36-3/h9-10,17-18,21H,4-8,11-16,19-20H2,1-3H3,(H,36,43). The van der Waals surface area contributed by atoms with Crippen molar-refractivity contribution in [3.8, 4) is 17.1 Å². The number of carbonyl (C=O) groups excluding carboxylic acids is 3. The topological polar surface area (TPSA) is 132 Å². The molecule has 12 heteroatoms. The molecule has 2 amide bonds. The largest absolute Gasteiger partial charge is 0.457 e. The first-order valence-electron chi connectivity index (χ1n) is 16.8. The molecule has 0 aliphatic carbocycles. The molecule has 1 atom stereocenters. The summed E-state index contributed by atoms with van der Waals surface area (Å²) in [5, 5.41) is 3.25. The van der Waals surface area contributed by atoms with E-state index in [0.717, 1.165) is 42.4 Å². The molecule has 7 rings (SSSR count). The SMILES string of the molecule is CCc1c2c(nc3ccc(OC(=O)N4CCC(N5CCCCC5)CC4)cc13)-c1cc3c(c(=O)n1C2)COC(=O)C3(CC)OC(=O)NC. The van der Waals surface area contributed by atoms with Crippen LogP contribution in [-0.4, -0.2) is 76.8 Å². The fourth-order valence-electron chi connectivity index (χ4n) is 7.84. The number of fused-ring (bicyclic) bond motifs is 5. The summed E-state index contributed by atoms with van der Waals surface area (Å²) in [6.45, 7) is 7.53. The van der Waals surface area contributed by atoms with Gasteiger partial charge in [0.1, 0.15) is 12.4 Å². The Morgan fingerprint density at radius 1 is 1.04 bits per heavy atom. The van der Waals surface area contributed by atoms with Gasteiger partial charge >= 0.3 is 18.2 Å². The number of aryl methyl sites for hydroxylation is 1. The van der Waals surface area contributed by atoms with Gasteiger partial charge < -0.3 is 33.9 Å². The normalized spacial score (nSPS) is 21.1. The summed E-state index contributed by atoms with van der Waals surface area (Å²) in [6, 6.07) is 7.74. The van der Waals surface area contributed by atoms with Crippen molar-refractivity contribution in [1.82, 2.24) is 24.7 Å². The van der Waals surface area contributed by atoms with Gasteiger partial charge in [-0.1, -0.05) is 20.3 Å². The highest BCUT2D eigenvalue weighted by atomic mass is 16.6. The number of hydrogen-bond donors (Lipinski definition) is 1. The Balaban J connectivity index is 1.18. The number of nitrogens with zero attached hydrogens (tertiary/aromatic N) is 4. The fraction of sp³-hybridized carbons (Fsp3) is 0.514. The number of amides is 2. The first-order valence-corrected chi connectivity index (χ1v) is 16.8. The van der Waals surface area contributed by atoms with Crippen LogP contribution >= 0.6 is 0 Å². The van der Waals surface area contributed by atoms with Gasteiger partial charge in [0.25, 0.3) is 5.56 Å². The third kappa shape index (κ3) is 5.22. The Morgan fingerprint density at radius 2 is 1.81 bits per heavy atom. The molecular formula is C35H41N5O7. The highest BCUT2D eigenvalue weighted by Gasteiger charge is 2.50. The number of esters is 1. The maximum Gasteiger partial charge on any atom is 0.415 e. The van der Waals surface area contributed by atoms with Gasteiger partial charge in [-0.3, -0.25) is 4.79 Å². The minimum absolute atomic E-state index is 0.0886. The van der Waals surface area contributed by atoms with Crippen molar-refractivity contribution in [1.29, 1.82) is 0 Å². The average Bonchev–Trinajstić information content (AvgIpc) is 3.47. The van der Waals surface area contributed by atoms with Gasteiger partial charge in [0.15, 0.2) is 0 Å². The molecule has 0 spiro atoms. The van der Waals surface area contributed by atoms with E-state index in [0.29, 0.717) is 60.3 Å². The molecule has 248 valence electrons. The van der Waals surface area contributed by atoms with Crippen LogP contribution in [0.15, 0.2) is 29.1 Å². The van der Waals surface area contributed by atoms with E-state index >= 15 is 0 Å². The number of aromatic nitrogens is 2. The van der Waals surface area contributed by atoms with E-state index in [-0.39, 0.29) is 30.2 Å². The first-order chi connectivity index (χ1) is 22.8. The summed E-state index contributed by atoms with van der Waals surface area (Å²) < 4.78 is 18.5. The van der Waals surface area contributed by atoms with E-state index in [4.69, 9.17) is 19.2 Å². The van der Waals surface area contributed by atoms with Gasteiger partial charge in [-0.15, -0.1) is 0 Å². The Bertz CT molecular complexity index is 1820. The zero-order chi connectivity index (χ0) is 32.9. The van der Waals surface area contributed by atoms with Crippen molar-refractivity contribution in [2.24, 2.45) is 0 Å². The van der Waals surface area contributed by atoms with Crippen molar-refractivity contribution < 1.29 is 28.6 Å². The van der Waals surface area contributed by atoms with Crippen LogP contribution in [0.3, 0.4) is 0 Å². The van der Waals surface area contributed by atoms with Crippen molar-refractivity contribution in [2.45, 2.75) is 83.6 Å².